The van der Waals surface area contributed by atoms with Crippen molar-refractivity contribution in [1.29, 1.82) is 0 Å². The lowest BCUT2D eigenvalue weighted by atomic mass is 9.80. The maximum atomic E-state index is 14.8. The first-order valence-corrected chi connectivity index (χ1v) is 23.4. The predicted molar refractivity (Wildman–Crippen MR) is 256 cm³/mol. The zero-order valence-corrected chi connectivity index (χ0v) is 41.0. The number of fused-ring (bicyclic) bond motifs is 13. The van der Waals surface area contributed by atoms with E-state index in [1.54, 1.807) is 45.9 Å². The third-order valence-corrected chi connectivity index (χ3v) is 13.5. The molecule has 17 nitrogen and oxygen atoms in total. The third-order valence-electron chi connectivity index (χ3n) is 13.5. The molecule has 1 amide bonds. The van der Waals surface area contributed by atoms with Crippen molar-refractivity contribution >= 4 is 34.1 Å². The maximum absolute atomic E-state index is 14.8. The van der Waals surface area contributed by atoms with Gasteiger partial charge in [0, 0.05) is 73.7 Å². The Morgan fingerprint density at radius 3 is 2.37 bits per heavy atom. The maximum Gasteiger partial charge on any atom is 0.327 e. The van der Waals surface area contributed by atoms with E-state index in [1.807, 2.05) is 33.8 Å². The summed E-state index contributed by atoms with van der Waals surface area (Å²) in [6.07, 6.45) is 10.1. The molecule has 0 radical (unpaired) electrons. The van der Waals surface area contributed by atoms with Crippen LogP contribution in [0.15, 0.2) is 58.0 Å². The first-order chi connectivity index (χ1) is 31.3. The summed E-state index contributed by atoms with van der Waals surface area (Å²) in [5.74, 6) is 0.985. The Kier molecular flexibility index (Phi) is 14.9. The van der Waals surface area contributed by atoms with E-state index in [0.717, 1.165) is 11.6 Å². The van der Waals surface area contributed by atoms with Crippen molar-refractivity contribution in [2.75, 3.05) is 31.5 Å². The highest BCUT2D eigenvalue weighted by molar-refractivity contribution is 6.19. The molecule has 2 aromatic carbocycles. The molecule has 2 aromatic rings. The Hall–Kier alpha value is -5.49. The van der Waals surface area contributed by atoms with Crippen molar-refractivity contribution in [2.24, 2.45) is 56.9 Å². The summed E-state index contributed by atoms with van der Waals surface area (Å²) in [5, 5.41) is 40.3. The Bertz CT molecular complexity index is 2520. The van der Waals surface area contributed by atoms with Crippen LogP contribution in [0.4, 0.5) is 5.69 Å². The van der Waals surface area contributed by atoms with E-state index in [4.69, 9.17) is 41.5 Å². The highest BCUT2D eigenvalue weighted by atomic mass is 16.7. The number of phenols is 2. The fraction of sp³-hybridized carbons (Fsp3) is 0.580. The zero-order valence-electron chi connectivity index (χ0n) is 41.0. The van der Waals surface area contributed by atoms with Gasteiger partial charge in [-0.1, -0.05) is 59.8 Å². The number of aliphatic hydroxyl groups is 1. The van der Waals surface area contributed by atoms with Crippen molar-refractivity contribution < 1.29 is 43.9 Å². The number of ether oxygens (including phenoxy) is 3. The molecular formula is C50H72N8O9. The number of Topliss-reactive ketones (excluding diaryl/α,β-unsaturated/α-hetero) is 1. The summed E-state index contributed by atoms with van der Waals surface area (Å²) in [6, 6.07) is 0. The summed E-state index contributed by atoms with van der Waals surface area (Å²) < 4.78 is 18.5. The lowest BCUT2D eigenvalue weighted by Gasteiger charge is -2.36. The molecule has 1 spiro atoms. The van der Waals surface area contributed by atoms with Crippen LogP contribution in [-0.2, 0) is 19.1 Å². The van der Waals surface area contributed by atoms with E-state index in [1.165, 1.54) is 19.4 Å². The molecule has 5 heterocycles. The van der Waals surface area contributed by atoms with Gasteiger partial charge in [0.15, 0.2) is 11.4 Å². The lowest BCUT2D eigenvalue weighted by molar-refractivity contribution is -0.159. The highest BCUT2D eigenvalue weighted by Crippen LogP contribution is 2.50. The van der Waals surface area contributed by atoms with Gasteiger partial charge in [0.1, 0.15) is 35.2 Å². The van der Waals surface area contributed by atoms with Crippen LogP contribution >= 0.6 is 0 Å². The number of nitrogens with one attached hydrogen (secondary N) is 1. The molecule has 67 heavy (non-hydrogen) atoms. The molecule has 5 aliphatic rings. The van der Waals surface area contributed by atoms with Crippen LogP contribution < -0.4 is 38.1 Å². The van der Waals surface area contributed by atoms with Gasteiger partial charge in [-0.25, -0.2) is 5.84 Å². The first-order valence-electron chi connectivity index (χ1n) is 23.4. The van der Waals surface area contributed by atoms with Crippen molar-refractivity contribution in [3.63, 3.8) is 0 Å². The molecule has 0 aromatic heterocycles. The Morgan fingerprint density at radius 2 is 1.73 bits per heavy atom. The van der Waals surface area contributed by atoms with Gasteiger partial charge in [-0.2, -0.15) is 0 Å². The number of hydrazine groups is 1. The lowest BCUT2D eigenvalue weighted by Crippen LogP contribution is -2.44. The Balaban J connectivity index is 1.43. The number of carbonyl (C=O) groups excluding carboxylic acids is 3. The van der Waals surface area contributed by atoms with Crippen molar-refractivity contribution in [2.45, 2.75) is 131 Å². The van der Waals surface area contributed by atoms with E-state index in [2.05, 4.69) is 24.1 Å². The van der Waals surface area contributed by atoms with Crippen LogP contribution in [0.1, 0.15) is 111 Å². The van der Waals surface area contributed by atoms with E-state index in [0.29, 0.717) is 50.3 Å². The van der Waals surface area contributed by atoms with E-state index >= 15 is 0 Å². The third kappa shape index (κ3) is 10.6. The van der Waals surface area contributed by atoms with Crippen LogP contribution in [0.2, 0.25) is 0 Å². The standard InChI is InChI=1S/C50H72N8O9/c1-26(2)23-57-19-17-50(18-20-57)55-38-35-36-42(61)32(8)45-37(35)46(63)49(11,67-45)65-21-13-16-28(4)44(66-34(59)25-58(53)24-33(51)48(9,10)52)31(7)41(60)30(6)22-27(3)14-12-15-29(5)47(64)54-40(43(36)62)39(38)56-50/h12-15,21,24,26-28,30-31,41,44,60-62H,16-20,22-23,25,51-53H2,1-11H3,(H,54,64)/b14-12+,21-13+,29-15-,33-24-/t27-,28+,30+,31+,41+,44+,49-/m0/s1. The van der Waals surface area contributed by atoms with Gasteiger partial charge in [0.25, 0.3) is 11.7 Å². The number of hydrogen-bond acceptors (Lipinski definition) is 16. The second kappa shape index (κ2) is 19.6. The van der Waals surface area contributed by atoms with Crippen LogP contribution in [0.3, 0.4) is 0 Å². The molecular weight excluding hydrogens is 857 g/mol. The SMILES string of the molecule is C/C1=C/C=C/[C@H](C)C[C@@H](C)[C@@H](O)[C@@H](C)[C@H](OC(=O)CN(N)/C=C(\N)C(C)(C)N)[C@H](C)C/C=C/O[C@@]2(C)Oc3c(C)c(O)c4c(O)c(c5c(c4c3C2=O)=NC2(CCN(CC(C)C)CC2)N=5)NC1=O. The number of nitrogens with two attached hydrogens (primary N) is 3. The van der Waals surface area contributed by atoms with E-state index in [-0.39, 0.29) is 79.8 Å². The number of amides is 1. The van der Waals surface area contributed by atoms with E-state index < -0.39 is 58.5 Å². The number of phenolic OH excluding ortho intramolecular Hbond substituents is 2. The second-order valence-electron chi connectivity index (χ2n) is 20.5. The number of esters is 1. The normalized spacial score (nSPS) is 29.1. The minimum absolute atomic E-state index is 0.0205. The van der Waals surface area contributed by atoms with Crippen LogP contribution in [0.5, 0.6) is 17.2 Å². The van der Waals surface area contributed by atoms with Crippen LogP contribution in [-0.4, -0.2) is 98.3 Å². The summed E-state index contributed by atoms with van der Waals surface area (Å²) in [5.41, 5.74) is 11.2. The van der Waals surface area contributed by atoms with Crippen molar-refractivity contribution in [3.05, 3.63) is 69.9 Å². The molecule has 0 unspecified atom stereocenters. The molecule has 7 rings (SSSR count). The highest BCUT2D eigenvalue weighted by Gasteiger charge is 2.50. The van der Waals surface area contributed by atoms with Crippen molar-refractivity contribution in [1.82, 2.24) is 9.91 Å². The van der Waals surface area contributed by atoms with Gasteiger partial charge in [-0.15, -0.1) is 0 Å². The smallest absolute Gasteiger partial charge is 0.327 e. The average Bonchev–Trinajstić information content (AvgIpc) is 3.74. The minimum Gasteiger partial charge on any atom is -0.507 e. The number of anilines is 1. The fourth-order valence-corrected chi connectivity index (χ4v) is 9.53. The van der Waals surface area contributed by atoms with Crippen molar-refractivity contribution in [3.8, 4) is 17.2 Å². The monoisotopic (exact) mass is 929 g/mol. The summed E-state index contributed by atoms with van der Waals surface area (Å²) in [4.78, 5) is 54.9. The second-order valence-corrected chi connectivity index (χ2v) is 20.5. The number of aromatic hydroxyl groups is 2. The summed E-state index contributed by atoms with van der Waals surface area (Å²) >= 11 is 0. The van der Waals surface area contributed by atoms with Crippen LogP contribution in [0, 0.1) is 36.5 Å². The largest absolute Gasteiger partial charge is 0.507 e. The molecule has 1 fully saturated rings. The minimum atomic E-state index is -1.92. The number of rotatable bonds is 7. The topological polar surface area (TPSA) is 261 Å². The van der Waals surface area contributed by atoms with Gasteiger partial charge in [-0.05, 0) is 70.3 Å². The Labute approximate surface area is 393 Å². The number of likely N-dealkylation sites (tertiary alicyclic amines) is 1. The van der Waals surface area contributed by atoms with E-state index in [9.17, 15) is 29.7 Å². The molecule has 366 valence electrons. The molecule has 5 bridgehead atoms. The Morgan fingerprint density at radius 1 is 1.07 bits per heavy atom. The number of benzene rings is 2. The number of aliphatic hydroxyl groups excluding tert-OH is 1. The molecule has 5 aliphatic heterocycles. The number of ketones is 1. The molecule has 10 N–H and O–H groups in total. The number of piperidine rings is 1. The summed E-state index contributed by atoms with van der Waals surface area (Å²) in [7, 11) is 0. The average molecular weight is 929 g/mol. The number of allylic oxidation sites excluding steroid dienone is 4. The number of nitrogens with zero attached hydrogens (tertiary/aromatic N) is 4. The summed E-state index contributed by atoms with van der Waals surface area (Å²) in [6.45, 7) is 22.1. The zero-order chi connectivity index (χ0) is 49.5. The molecule has 17 heteroatoms. The van der Waals surface area contributed by atoms with Gasteiger partial charge < -0.3 is 56.2 Å². The fourth-order valence-electron chi connectivity index (χ4n) is 9.53. The molecule has 7 atom stereocenters. The number of carbonyl (C=O) groups is 3. The number of hydrogen-bond donors (Lipinski definition) is 7. The predicted octanol–water partition coefficient (Wildman–Crippen LogP) is 4.85. The molecule has 0 saturated carbocycles. The molecule has 1 saturated heterocycles. The van der Waals surface area contributed by atoms with Gasteiger partial charge in [-0.3, -0.25) is 24.4 Å². The van der Waals surface area contributed by atoms with Crippen LogP contribution in [0.25, 0.3) is 10.8 Å². The van der Waals surface area contributed by atoms with Gasteiger partial charge in [0.2, 0.25) is 0 Å². The van der Waals surface area contributed by atoms with Gasteiger partial charge in [0.05, 0.1) is 34.2 Å². The quantitative estimate of drug-likeness (QED) is 0.0848. The molecule has 0 aliphatic carbocycles. The van der Waals surface area contributed by atoms with Gasteiger partial charge >= 0.3 is 11.8 Å². The first kappa shape index (κ1) is 50.9.